The number of rotatable bonds is 4. The smallest absolute Gasteiger partial charge is 0.143 e. The van der Waals surface area contributed by atoms with Gasteiger partial charge >= 0.3 is 0 Å². The van der Waals surface area contributed by atoms with E-state index in [-0.39, 0.29) is 0 Å². The molecule has 78 valence electrons. The fraction of sp³-hybridized carbons (Fsp3) is 0.200. The highest BCUT2D eigenvalue weighted by molar-refractivity contribution is 9.10. The molecule has 0 heterocycles. The van der Waals surface area contributed by atoms with Gasteiger partial charge in [-0.2, -0.15) is 0 Å². The Bertz CT molecular complexity index is 425. The van der Waals surface area contributed by atoms with Gasteiger partial charge in [0.15, 0.2) is 0 Å². The Morgan fingerprint density at radius 1 is 1.67 bits per heavy atom. The van der Waals surface area contributed by atoms with Crippen LogP contribution in [0.5, 0.6) is 5.75 Å². The molecule has 4 nitrogen and oxygen atoms in total. The normalized spacial score (nSPS) is 9.20. The molecule has 0 atom stereocenters. The second-order valence-electron chi connectivity index (χ2n) is 3.02. The summed E-state index contributed by atoms with van der Waals surface area (Å²) >= 11 is 3.33. The summed E-state index contributed by atoms with van der Waals surface area (Å²) in [4.78, 5) is 2.74. The van der Waals surface area contributed by atoms with Crippen molar-refractivity contribution in [1.29, 1.82) is 0 Å². The van der Waals surface area contributed by atoms with Crippen molar-refractivity contribution in [2.45, 2.75) is 6.92 Å². The third-order valence-electron chi connectivity index (χ3n) is 1.56. The number of para-hydroxylation sites is 1. The molecule has 0 saturated carbocycles. The number of nitrogens with zero attached hydrogens (tertiary/aromatic N) is 3. The van der Waals surface area contributed by atoms with Crippen molar-refractivity contribution in [3.05, 3.63) is 45.3 Å². The lowest BCUT2D eigenvalue weighted by Crippen LogP contribution is -1.98. The first kappa shape index (κ1) is 11.6. The number of benzene rings is 1. The van der Waals surface area contributed by atoms with Crippen LogP contribution in [-0.2, 0) is 0 Å². The summed E-state index contributed by atoms with van der Waals surface area (Å²) in [5, 5.41) is 3.54. The van der Waals surface area contributed by atoms with E-state index in [1.807, 2.05) is 13.0 Å². The number of azide groups is 1. The van der Waals surface area contributed by atoms with Crippen LogP contribution in [0.4, 0.5) is 5.69 Å². The van der Waals surface area contributed by atoms with Crippen LogP contribution in [0.15, 0.2) is 39.9 Å². The number of hydrogen-bond donors (Lipinski definition) is 0. The van der Waals surface area contributed by atoms with Crippen LogP contribution in [0.3, 0.4) is 0 Å². The molecule has 0 N–H and O–H groups in total. The highest BCUT2D eigenvalue weighted by atomic mass is 79.9. The number of halogens is 1. The lowest BCUT2D eigenvalue weighted by Gasteiger charge is -2.09. The van der Waals surface area contributed by atoms with Gasteiger partial charge in [-0.1, -0.05) is 17.8 Å². The fourth-order valence-corrected chi connectivity index (χ4v) is 1.43. The zero-order valence-electron chi connectivity index (χ0n) is 8.27. The predicted molar refractivity (Wildman–Crippen MR) is 63.3 cm³/mol. The molecule has 1 aromatic rings. The van der Waals surface area contributed by atoms with Gasteiger partial charge in [0.2, 0.25) is 0 Å². The molecular formula is C10H10BrN3O. The Balaban J connectivity index is 3.01. The van der Waals surface area contributed by atoms with Gasteiger partial charge in [0.1, 0.15) is 12.4 Å². The molecule has 5 heteroatoms. The Labute approximate surface area is 96.3 Å². The maximum absolute atomic E-state index is 8.38. The van der Waals surface area contributed by atoms with E-state index in [1.165, 1.54) is 0 Å². The molecule has 0 amide bonds. The van der Waals surface area contributed by atoms with E-state index in [4.69, 9.17) is 10.3 Å². The highest BCUT2D eigenvalue weighted by Gasteiger charge is 2.06. The summed E-state index contributed by atoms with van der Waals surface area (Å²) in [5.74, 6) is 0.540. The Morgan fingerprint density at radius 3 is 3.00 bits per heavy atom. The third kappa shape index (κ3) is 3.31. The van der Waals surface area contributed by atoms with Gasteiger partial charge < -0.3 is 4.74 Å². The van der Waals surface area contributed by atoms with Gasteiger partial charge in [-0.05, 0) is 46.1 Å². The van der Waals surface area contributed by atoms with E-state index in [9.17, 15) is 0 Å². The summed E-state index contributed by atoms with van der Waals surface area (Å²) < 4.78 is 6.23. The van der Waals surface area contributed by atoms with Crippen molar-refractivity contribution in [2.75, 3.05) is 6.61 Å². The van der Waals surface area contributed by atoms with Crippen molar-refractivity contribution >= 4 is 21.6 Å². The molecule has 0 radical (unpaired) electrons. The zero-order valence-corrected chi connectivity index (χ0v) is 9.86. The topological polar surface area (TPSA) is 58.0 Å². The van der Waals surface area contributed by atoms with E-state index >= 15 is 0 Å². The second-order valence-corrected chi connectivity index (χ2v) is 3.88. The quantitative estimate of drug-likeness (QED) is 0.346. The van der Waals surface area contributed by atoms with Crippen LogP contribution in [0, 0.1) is 0 Å². The number of hydrogen-bond acceptors (Lipinski definition) is 2. The van der Waals surface area contributed by atoms with Gasteiger partial charge in [0.05, 0.1) is 10.2 Å². The summed E-state index contributed by atoms with van der Waals surface area (Å²) in [7, 11) is 0. The first-order valence-electron chi connectivity index (χ1n) is 4.26. The molecule has 1 rings (SSSR count). The minimum Gasteiger partial charge on any atom is -0.488 e. The van der Waals surface area contributed by atoms with Gasteiger partial charge in [-0.25, -0.2) is 0 Å². The molecule has 0 aliphatic heterocycles. The third-order valence-corrected chi connectivity index (χ3v) is 2.19. The maximum atomic E-state index is 8.38. The molecule has 0 aliphatic rings. The average molecular weight is 268 g/mol. The first-order valence-corrected chi connectivity index (χ1v) is 5.05. The van der Waals surface area contributed by atoms with Crippen LogP contribution in [-0.4, -0.2) is 6.61 Å². The molecule has 0 saturated heterocycles. The van der Waals surface area contributed by atoms with Crippen molar-refractivity contribution in [3.8, 4) is 5.75 Å². The van der Waals surface area contributed by atoms with Crippen LogP contribution in [0.25, 0.3) is 10.4 Å². The second kappa shape index (κ2) is 5.44. The highest BCUT2D eigenvalue weighted by Crippen LogP contribution is 2.35. The van der Waals surface area contributed by atoms with E-state index in [1.54, 1.807) is 12.1 Å². The molecule has 0 fully saturated rings. The van der Waals surface area contributed by atoms with Gasteiger partial charge in [0, 0.05) is 4.91 Å². The SMILES string of the molecule is C=C(C)COc1c(Br)cccc1N=[N+]=[N-]. The van der Waals surface area contributed by atoms with Gasteiger partial charge in [-0.3, -0.25) is 0 Å². The Hall–Kier alpha value is -1.45. The molecular weight excluding hydrogens is 258 g/mol. The zero-order chi connectivity index (χ0) is 11.3. The first-order chi connectivity index (χ1) is 7.15. The molecule has 0 unspecified atom stereocenters. The van der Waals surface area contributed by atoms with E-state index < -0.39 is 0 Å². The lowest BCUT2D eigenvalue weighted by atomic mass is 10.3. The van der Waals surface area contributed by atoms with E-state index in [0.717, 1.165) is 10.0 Å². The summed E-state index contributed by atoms with van der Waals surface area (Å²) in [6.07, 6.45) is 0. The Morgan fingerprint density at radius 2 is 2.40 bits per heavy atom. The van der Waals surface area contributed by atoms with Crippen molar-refractivity contribution in [1.82, 2.24) is 0 Å². The summed E-state index contributed by atoms with van der Waals surface area (Å²) in [6, 6.07) is 5.30. The van der Waals surface area contributed by atoms with Crippen molar-refractivity contribution in [3.63, 3.8) is 0 Å². The maximum Gasteiger partial charge on any atom is 0.143 e. The van der Waals surface area contributed by atoms with Crippen molar-refractivity contribution < 1.29 is 4.74 Å². The molecule has 1 aromatic carbocycles. The largest absolute Gasteiger partial charge is 0.488 e. The van der Waals surface area contributed by atoms with Gasteiger partial charge in [-0.15, -0.1) is 0 Å². The minimum atomic E-state index is 0.399. The Kier molecular flexibility index (Phi) is 4.21. The van der Waals surface area contributed by atoms with Crippen LogP contribution < -0.4 is 4.74 Å². The minimum absolute atomic E-state index is 0.399. The molecule has 0 aromatic heterocycles. The predicted octanol–water partition coefficient (Wildman–Crippen LogP) is 4.35. The van der Waals surface area contributed by atoms with Gasteiger partial charge in [0.25, 0.3) is 0 Å². The van der Waals surface area contributed by atoms with Crippen molar-refractivity contribution in [2.24, 2.45) is 5.11 Å². The van der Waals surface area contributed by atoms with Crippen LogP contribution >= 0.6 is 15.9 Å². The molecule has 15 heavy (non-hydrogen) atoms. The molecule has 0 aliphatic carbocycles. The summed E-state index contributed by atoms with van der Waals surface area (Å²) in [6.45, 7) is 6.00. The molecule has 0 bridgehead atoms. The monoisotopic (exact) mass is 267 g/mol. The lowest BCUT2D eigenvalue weighted by molar-refractivity contribution is 0.352. The van der Waals surface area contributed by atoms with E-state index in [2.05, 4.69) is 32.5 Å². The number of ether oxygens (including phenoxy) is 1. The fourth-order valence-electron chi connectivity index (χ4n) is 0.963. The average Bonchev–Trinajstić information content (AvgIpc) is 2.17. The summed E-state index contributed by atoms with van der Waals surface area (Å²) in [5.41, 5.74) is 9.75. The van der Waals surface area contributed by atoms with Crippen LogP contribution in [0.1, 0.15) is 6.92 Å². The standard InChI is InChI=1S/C10H10BrN3O/c1-7(2)6-15-10-8(11)4-3-5-9(10)13-14-12/h3-5H,1,6H2,2H3. The van der Waals surface area contributed by atoms with Crippen LogP contribution in [0.2, 0.25) is 0 Å². The molecule has 0 spiro atoms. The van der Waals surface area contributed by atoms with E-state index in [0.29, 0.717) is 18.0 Å².